The van der Waals surface area contributed by atoms with Gasteiger partial charge in [0.15, 0.2) is 5.60 Å². The molecule has 2 spiro atoms. The number of aliphatic imine (C=N–C) groups is 1. The minimum absolute atomic E-state index is 0.0838. The summed E-state index contributed by atoms with van der Waals surface area (Å²) in [4.78, 5) is 35.2. The number of oxime groups is 1. The Kier molecular flexibility index (Phi) is 10.0. The molecule has 0 saturated heterocycles. The number of methoxy groups -OCH3 is 2. The first kappa shape index (κ1) is 31.4. The average Bonchev–Trinajstić information content (AvgIpc) is 3.54. The molecular weight excluding hydrogens is 788 g/mol. The minimum Gasteiger partial charge on any atom is -0.495 e. The SMILES string of the molecule is COC1=C(Br)[C@H](O)[C@]2(C=C1Br)CN=C(C(=O)NCCCCNC(=O)C1=NO[C@]3(C=C(Br)C(OC)=C(Br)[C@@H]3O)C1)C2. The molecular formula is C25H28Br4N4O7. The van der Waals surface area contributed by atoms with Crippen molar-refractivity contribution >= 4 is 87.0 Å². The van der Waals surface area contributed by atoms with Crippen LogP contribution in [0.4, 0.5) is 0 Å². The number of carbonyl (C=O) groups excluding carboxylic acids is 2. The molecule has 0 fully saturated rings. The summed E-state index contributed by atoms with van der Waals surface area (Å²) in [6, 6.07) is 0. The van der Waals surface area contributed by atoms with Crippen LogP contribution in [0.25, 0.3) is 0 Å². The number of ether oxygens (including phenoxy) is 2. The van der Waals surface area contributed by atoms with Gasteiger partial charge in [-0.05, 0) is 82.6 Å². The van der Waals surface area contributed by atoms with Gasteiger partial charge in [0, 0.05) is 31.3 Å². The molecule has 0 unspecified atom stereocenters. The molecule has 40 heavy (non-hydrogen) atoms. The number of hydrogen-bond donors (Lipinski definition) is 4. The number of aliphatic hydroxyl groups is 2. The molecule has 0 saturated carbocycles. The lowest BCUT2D eigenvalue weighted by Gasteiger charge is -2.35. The number of amides is 2. The Bertz CT molecular complexity index is 1180. The van der Waals surface area contributed by atoms with Gasteiger partial charge in [-0.15, -0.1) is 0 Å². The Balaban J connectivity index is 1.17. The third kappa shape index (κ3) is 6.00. The van der Waals surface area contributed by atoms with Crippen molar-refractivity contribution < 1.29 is 34.1 Å². The highest BCUT2D eigenvalue weighted by atomic mass is 79.9. The number of rotatable bonds is 9. The second-order valence-corrected chi connectivity index (χ2v) is 13.1. The quantitative estimate of drug-likeness (QED) is 0.262. The van der Waals surface area contributed by atoms with Crippen LogP contribution in [0.5, 0.6) is 0 Å². The molecule has 0 radical (unpaired) electrons. The van der Waals surface area contributed by atoms with Crippen LogP contribution in [-0.2, 0) is 23.9 Å². The maximum Gasteiger partial charge on any atom is 0.269 e. The van der Waals surface area contributed by atoms with E-state index in [1.54, 1.807) is 6.08 Å². The van der Waals surface area contributed by atoms with Gasteiger partial charge in [0.1, 0.15) is 35.1 Å². The summed E-state index contributed by atoms with van der Waals surface area (Å²) < 4.78 is 12.8. The highest BCUT2D eigenvalue weighted by Crippen LogP contribution is 2.47. The Morgan fingerprint density at radius 3 is 2.08 bits per heavy atom. The zero-order valence-corrected chi connectivity index (χ0v) is 27.9. The van der Waals surface area contributed by atoms with E-state index < -0.39 is 23.2 Å². The van der Waals surface area contributed by atoms with Crippen LogP contribution in [0.15, 0.2) is 51.7 Å². The molecule has 2 amide bonds. The zero-order valence-electron chi connectivity index (χ0n) is 21.6. The van der Waals surface area contributed by atoms with Crippen LogP contribution in [-0.4, -0.2) is 85.1 Å². The summed E-state index contributed by atoms with van der Waals surface area (Å²) in [5.74, 6) is 0.286. The van der Waals surface area contributed by atoms with E-state index >= 15 is 0 Å². The van der Waals surface area contributed by atoms with Gasteiger partial charge in [-0.3, -0.25) is 14.6 Å². The number of hydrogen-bond acceptors (Lipinski definition) is 9. The minimum atomic E-state index is -1.21. The molecule has 0 aromatic rings. The van der Waals surface area contributed by atoms with Crippen molar-refractivity contribution in [3.05, 3.63) is 41.6 Å². The molecule has 4 rings (SSSR count). The highest BCUT2D eigenvalue weighted by molar-refractivity contribution is 9.12. The van der Waals surface area contributed by atoms with Crippen molar-refractivity contribution in [1.29, 1.82) is 0 Å². The van der Waals surface area contributed by atoms with Crippen LogP contribution >= 0.6 is 63.7 Å². The molecule has 4 aliphatic rings. The van der Waals surface area contributed by atoms with E-state index in [9.17, 15) is 19.8 Å². The fourth-order valence-electron chi connectivity index (χ4n) is 4.86. The fraction of sp³-hybridized carbons (Fsp3) is 0.520. The summed E-state index contributed by atoms with van der Waals surface area (Å²) >= 11 is 13.6. The van der Waals surface area contributed by atoms with Gasteiger partial charge < -0.3 is 35.2 Å². The number of unbranched alkanes of at least 4 members (excludes halogenated alkanes) is 1. The van der Waals surface area contributed by atoms with E-state index in [-0.39, 0.29) is 30.5 Å². The van der Waals surface area contributed by atoms with Gasteiger partial charge in [0.2, 0.25) is 0 Å². The molecule has 218 valence electrons. The van der Waals surface area contributed by atoms with Gasteiger partial charge in [-0.2, -0.15) is 0 Å². The largest absolute Gasteiger partial charge is 0.495 e. The van der Waals surface area contributed by atoms with E-state index in [1.807, 2.05) is 6.08 Å². The lowest BCUT2D eigenvalue weighted by Crippen LogP contribution is -2.45. The number of carbonyl (C=O) groups is 2. The summed E-state index contributed by atoms with van der Waals surface area (Å²) in [5.41, 5.74) is -1.39. The van der Waals surface area contributed by atoms with Gasteiger partial charge in [0.25, 0.3) is 11.8 Å². The van der Waals surface area contributed by atoms with Crippen LogP contribution in [0.3, 0.4) is 0 Å². The zero-order chi connectivity index (χ0) is 29.2. The maximum atomic E-state index is 12.7. The molecule has 0 aromatic carbocycles. The first-order chi connectivity index (χ1) is 19.0. The second kappa shape index (κ2) is 12.8. The van der Waals surface area contributed by atoms with Crippen LogP contribution in [0.2, 0.25) is 0 Å². The first-order valence-corrected chi connectivity index (χ1v) is 15.5. The number of halogens is 4. The molecule has 11 nitrogen and oxygen atoms in total. The predicted molar refractivity (Wildman–Crippen MR) is 162 cm³/mol. The smallest absolute Gasteiger partial charge is 0.269 e. The van der Waals surface area contributed by atoms with Crippen molar-refractivity contribution in [1.82, 2.24) is 10.6 Å². The molecule has 4 N–H and O–H groups in total. The number of aliphatic hydroxyl groups excluding tert-OH is 2. The fourth-order valence-corrected chi connectivity index (χ4v) is 8.58. The molecule has 15 heteroatoms. The van der Waals surface area contributed by atoms with Crippen LogP contribution in [0.1, 0.15) is 25.7 Å². The van der Waals surface area contributed by atoms with Gasteiger partial charge in [0.05, 0.1) is 38.7 Å². The molecule has 2 heterocycles. The number of nitrogens with zero attached hydrogens (tertiary/aromatic N) is 2. The van der Waals surface area contributed by atoms with E-state index in [1.165, 1.54) is 14.2 Å². The van der Waals surface area contributed by atoms with E-state index in [0.717, 1.165) is 0 Å². The lowest BCUT2D eigenvalue weighted by molar-refractivity contribution is -0.115. The Labute approximate surface area is 264 Å². The molecule has 2 aliphatic heterocycles. The normalized spacial score (nSPS) is 29.6. The van der Waals surface area contributed by atoms with E-state index in [0.29, 0.717) is 67.5 Å². The predicted octanol–water partition coefficient (Wildman–Crippen LogP) is 3.16. The van der Waals surface area contributed by atoms with E-state index in [2.05, 4.69) is 84.5 Å². The van der Waals surface area contributed by atoms with Crippen molar-refractivity contribution in [3.8, 4) is 0 Å². The number of nitrogens with one attached hydrogen (secondary N) is 2. The average molecular weight is 816 g/mol. The Morgan fingerprint density at radius 1 is 0.925 bits per heavy atom. The van der Waals surface area contributed by atoms with Crippen molar-refractivity contribution in [2.75, 3.05) is 33.9 Å². The first-order valence-electron chi connectivity index (χ1n) is 12.3. The molecule has 4 atom stereocenters. The van der Waals surface area contributed by atoms with Gasteiger partial charge in [-0.25, -0.2) is 0 Å². The number of allylic oxidation sites excluding steroid dienone is 2. The third-order valence-corrected chi connectivity index (χ3v) is 9.84. The Hall–Kier alpha value is -1.52. The lowest BCUT2D eigenvalue weighted by atomic mass is 9.76. The molecule has 0 aromatic heterocycles. The molecule has 0 bridgehead atoms. The standard InChI is InChI=1S/C25H28Br4N4O7/c1-38-18-12(26)7-24(20(34)16(18)28)9-14(32-11-24)22(36)30-5-3-4-6-31-23(37)15-10-25(40-33-15)8-13(27)19(39-2)17(29)21(25)35/h7-8,20-21,34-35H,3-6,9-11H2,1-2H3,(H,30,36)(H,31,37)/t20-,21-,24-,25+/m0/s1. The maximum absolute atomic E-state index is 12.7. The summed E-state index contributed by atoms with van der Waals surface area (Å²) in [6.45, 7) is 1.06. The highest BCUT2D eigenvalue weighted by Gasteiger charge is 2.51. The van der Waals surface area contributed by atoms with E-state index in [4.69, 9.17) is 14.3 Å². The summed E-state index contributed by atoms with van der Waals surface area (Å²) in [6.07, 6.45) is 3.14. The third-order valence-electron chi connectivity index (χ3n) is 7.08. The second-order valence-electron chi connectivity index (χ2n) is 9.70. The monoisotopic (exact) mass is 812 g/mol. The molecule has 2 aliphatic carbocycles. The van der Waals surface area contributed by atoms with Crippen molar-refractivity contribution in [3.63, 3.8) is 0 Å². The summed E-state index contributed by atoms with van der Waals surface area (Å²) in [7, 11) is 3.01. The van der Waals surface area contributed by atoms with Crippen molar-refractivity contribution in [2.45, 2.75) is 43.5 Å². The summed E-state index contributed by atoms with van der Waals surface area (Å²) in [5, 5.41) is 31.1. The van der Waals surface area contributed by atoms with Crippen LogP contribution in [0, 0.1) is 5.41 Å². The van der Waals surface area contributed by atoms with Crippen molar-refractivity contribution in [2.24, 2.45) is 15.6 Å². The van der Waals surface area contributed by atoms with Gasteiger partial charge in [-0.1, -0.05) is 11.2 Å². The van der Waals surface area contributed by atoms with Crippen LogP contribution < -0.4 is 10.6 Å². The topological polar surface area (TPSA) is 151 Å². The van der Waals surface area contributed by atoms with Gasteiger partial charge >= 0.3 is 0 Å². The Morgan fingerprint density at radius 2 is 1.48 bits per heavy atom.